The SMILES string of the molecule is Cc1ccnc(Oc2cccc3c2NCCC3)c1C(N)=O. The van der Waals surface area contributed by atoms with Gasteiger partial charge >= 0.3 is 0 Å². The minimum absolute atomic E-state index is 0.253. The highest BCUT2D eigenvalue weighted by Crippen LogP contribution is 2.35. The summed E-state index contributed by atoms with van der Waals surface area (Å²) >= 11 is 0. The Hall–Kier alpha value is -2.56. The third-order valence-corrected chi connectivity index (χ3v) is 3.61. The number of hydrogen-bond acceptors (Lipinski definition) is 4. The summed E-state index contributed by atoms with van der Waals surface area (Å²) < 4.78 is 5.88. The van der Waals surface area contributed by atoms with Crippen LogP contribution in [-0.4, -0.2) is 17.4 Å². The molecule has 3 rings (SSSR count). The van der Waals surface area contributed by atoms with E-state index in [0.717, 1.165) is 30.6 Å². The van der Waals surface area contributed by atoms with E-state index >= 15 is 0 Å². The molecule has 0 fully saturated rings. The maximum atomic E-state index is 11.6. The molecule has 0 aliphatic carbocycles. The number of nitrogens with zero attached hydrogens (tertiary/aromatic N) is 1. The van der Waals surface area contributed by atoms with Crippen molar-refractivity contribution in [1.29, 1.82) is 0 Å². The van der Waals surface area contributed by atoms with Crippen molar-refractivity contribution in [2.45, 2.75) is 19.8 Å². The Balaban J connectivity index is 2.02. The summed E-state index contributed by atoms with van der Waals surface area (Å²) in [6, 6.07) is 7.63. The zero-order chi connectivity index (χ0) is 14.8. The number of nitrogens with one attached hydrogen (secondary N) is 1. The number of carbonyl (C=O) groups is 1. The molecular weight excluding hydrogens is 266 g/mol. The number of anilines is 1. The molecule has 2 aromatic rings. The molecule has 5 heteroatoms. The Morgan fingerprint density at radius 3 is 3.05 bits per heavy atom. The molecule has 1 aliphatic heterocycles. The number of rotatable bonds is 3. The van der Waals surface area contributed by atoms with Crippen molar-refractivity contribution in [3.8, 4) is 11.6 Å². The maximum absolute atomic E-state index is 11.6. The second kappa shape index (κ2) is 5.44. The molecule has 5 nitrogen and oxygen atoms in total. The Labute approximate surface area is 123 Å². The summed E-state index contributed by atoms with van der Waals surface area (Å²) in [5, 5.41) is 3.35. The number of fused-ring (bicyclic) bond motifs is 1. The van der Waals surface area contributed by atoms with Crippen LogP contribution < -0.4 is 15.8 Å². The minimum atomic E-state index is -0.534. The Kier molecular flexibility index (Phi) is 3.48. The molecule has 108 valence electrons. The lowest BCUT2D eigenvalue weighted by atomic mass is 10.0. The highest BCUT2D eigenvalue weighted by atomic mass is 16.5. The molecular formula is C16H17N3O2. The van der Waals surface area contributed by atoms with Gasteiger partial charge in [-0.3, -0.25) is 4.79 Å². The molecule has 2 heterocycles. The van der Waals surface area contributed by atoms with Gasteiger partial charge in [0.2, 0.25) is 5.88 Å². The van der Waals surface area contributed by atoms with Crippen LogP contribution in [0.15, 0.2) is 30.5 Å². The highest BCUT2D eigenvalue weighted by Gasteiger charge is 2.18. The summed E-state index contributed by atoms with van der Waals surface area (Å²) in [5.74, 6) is 0.393. The molecule has 3 N–H and O–H groups in total. The van der Waals surface area contributed by atoms with Gasteiger partial charge < -0.3 is 15.8 Å². The summed E-state index contributed by atoms with van der Waals surface area (Å²) in [5.41, 5.74) is 8.70. The third-order valence-electron chi connectivity index (χ3n) is 3.61. The predicted molar refractivity (Wildman–Crippen MR) is 80.8 cm³/mol. The molecule has 1 aliphatic rings. The minimum Gasteiger partial charge on any atom is -0.436 e. The van der Waals surface area contributed by atoms with Crippen LogP contribution in [0.25, 0.3) is 0 Å². The van der Waals surface area contributed by atoms with Crippen molar-refractivity contribution in [2.75, 3.05) is 11.9 Å². The van der Waals surface area contributed by atoms with Crippen LogP contribution in [0.2, 0.25) is 0 Å². The van der Waals surface area contributed by atoms with Gasteiger partial charge in [0.1, 0.15) is 5.56 Å². The van der Waals surface area contributed by atoms with Gasteiger partial charge in [0.25, 0.3) is 5.91 Å². The predicted octanol–water partition coefficient (Wildman–Crippen LogP) is 2.64. The first-order valence-electron chi connectivity index (χ1n) is 6.96. The molecule has 0 bridgehead atoms. The molecule has 0 unspecified atom stereocenters. The standard InChI is InChI=1S/C16H17N3O2/c1-10-7-9-19-16(13(10)15(17)20)21-12-6-2-4-11-5-3-8-18-14(11)12/h2,4,6-7,9,18H,3,5,8H2,1H3,(H2,17,20). The van der Waals surface area contributed by atoms with E-state index in [1.807, 2.05) is 19.1 Å². The fraction of sp³-hybridized carbons (Fsp3) is 0.250. The normalized spacial score (nSPS) is 13.2. The maximum Gasteiger partial charge on any atom is 0.254 e. The number of carbonyl (C=O) groups excluding carboxylic acids is 1. The van der Waals surface area contributed by atoms with Gasteiger partial charge in [-0.1, -0.05) is 12.1 Å². The van der Waals surface area contributed by atoms with Gasteiger partial charge in [-0.2, -0.15) is 0 Å². The Morgan fingerprint density at radius 1 is 1.38 bits per heavy atom. The molecule has 0 saturated heterocycles. The number of pyridine rings is 1. The number of para-hydroxylation sites is 1. The van der Waals surface area contributed by atoms with E-state index in [2.05, 4.69) is 16.4 Å². The third kappa shape index (κ3) is 2.54. The number of benzene rings is 1. The van der Waals surface area contributed by atoms with Crippen LogP contribution in [0, 0.1) is 6.92 Å². The van der Waals surface area contributed by atoms with Crippen LogP contribution in [0.1, 0.15) is 27.9 Å². The number of hydrogen-bond donors (Lipinski definition) is 2. The number of aryl methyl sites for hydroxylation is 2. The fourth-order valence-corrected chi connectivity index (χ4v) is 2.58. The smallest absolute Gasteiger partial charge is 0.254 e. The fourth-order valence-electron chi connectivity index (χ4n) is 2.58. The topological polar surface area (TPSA) is 77.2 Å². The van der Waals surface area contributed by atoms with E-state index in [0.29, 0.717) is 11.3 Å². The second-order valence-electron chi connectivity index (χ2n) is 5.09. The first-order valence-corrected chi connectivity index (χ1v) is 6.96. The van der Waals surface area contributed by atoms with Gasteiger partial charge in [0.05, 0.1) is 5.69 Å². The second-order valence-corrected chi connectivity index (χ2v) is 5.09. The number of ether oxygens (including phenoxy) is 1. The Bertz CT molecular complexity index is 698. The van der Waals surface area contributed by atoms with Crippen molar-refractivity contribution < 1.29 is 9.53 Å². The quantitative estimate of drug-likeness (QED) is 0.907. The van der Waals surface area contributed by atoms with Crippen molar-refractivity contribution >= 4 is 11.6 Å². The summed E-state index contributed by atoms with van der Waals surface area (Å²) in [7, 11) is 0. The van der Waals surface area contributed by atoms with E-state index in [-0.39, 0.29) is 5.88 Å². The lowest BCUT2D eigenvalue weighted by Crippen LogP contribution is -2.16. The van der Waals surface area contributed by atoms with Crippen molar-refractivity contribution in [3.05, 3.63) is 47.2 Å². The van der Waals surface area contributed by atoms with Gasteiger partial charge in [-0.15, -0.1) is 0 Å². The monoisotopic (exact) mass is 283 g/mol. The number of nitrogens with two attached hydrogens (primary N) is 1. The van der Waals surface area contributed by atoms with Gasteiger partial charge in [0.15, 0.2) is 5.75 Å². The van der Waals surface area contributed by atoms with E-state index in [1.165, 1.54) is 5.56 Å². The van der Waals surface area contributed by atoms with Crippen LogP contribution in [0.4, 0.5) is 5.69 Å². The summed E-state index contributed by atoms with van der Waals surface area (Å²) in [6.45, 7) is 2.73. The lowest BCUT2D eigenvalue weighted by Gasteiger charge is -2.21. The van der Waals surface area contributed by atoms with E-state index in [9.17, 15) is 4.79 Å². The molecule has 1 aromatic carbocycles. The molecule has 0 atom stereocenters. The van der Waals surface area contributed by atoms with Crippen LogP contribution in [0.5, 0.6) is 11.6 Å². The number of amides is 1. The lowest BCUT2D eigenvalue weighted by molar-refractivity contribution is 0.0997. The van der Waals surface area contributed by atoms with Gasteiger partial charge in [-0.05, 0) is 43.0 Å². The van der Waals surface area contributed by atoms with Crippen LogP contribution >= 0.6 is 0 Å². The van der Waals surface area contributed by atoms with Gasteiger partial charge in [0, 0.05) is 12.7 Å². The number of aromatic nitrogens is 1. The molecule has 21 heavy (non-hydrogen) atoms. The van der Waals surface area contributed by atoms with E-state index in [1.54, 1.807) is 12.3 Å². The molecule has 1 aromatic heterocycles. The molecule has 0 spiro atoms. The highest BCUT2D eigenvalue weighted by molar-refractivity contribution is 5.96. The van der Waals surface area contributed by atoms with Crippen molar-refractivity contribution in [3.63, 3.8) is 0 Å². The largest absolute Gasteiger partial charge is 0.436 e. The molecule has 0 radical (unpaired) electrons. The van der Waals surface area contributed by atoms with E-state index in [4.69, 9.17) is 10.5 Å². The molecule has 1 amide bonds. The van der Waals surface area contributed by atoms with E-state index < -0.39 is 5.91 Å². The van der Waals surface area contributed by atoms with Crippen LogP contribution in [0.3, 0.4) is 0 Å². The van der Waals surface area contributed by atoms with Crippen molar-refractivity contribution in [2.24, 2.45) is 5.73 Å². The average Bonchev–Trinajstić information content (AvgIpc) is 2.47. The zero-order valence-electron chi connectivity index (χ0n) is 11.8. The first-order chi connectivity index (χ1) is 10.2. The zero-order valence-corrected chi connectivity index (χ0v) is 11.8. The van der Waals surface area contributed by atoms with Crippen molar-refractivity contribution in [1.82, 2.24) is 4.98 Å². The first kappa shape index (κ1) is 13.4. The number of primary amides is 1. The Morgan fingerprint density at radius 2 is 2.24 bits per heavy atom. The summed E-state index contributed by atoms with van der Waals surface area (Å²) in [6.07, 6.45) is 3.73. The average molecular weight is 283 g/mol. The summed E-state index contributed by atoms with van der Waals surface area (Å²) in [4.78, 5) is 15.8. The van der Waals surface area contributed by atoms with Gasteiger partial charge in [-0.25, -0.2) is 4.98 Å². The van der Waals surface area contributed by atoms with Crippen LogP contribution in [-0.2, 0) is 6.42 Å². The molecule has 0 saturated carbocycles.